The Bertz CT molecular complexity index is 7110. The van der Waals surface area contributed by atoms with E-state index in [0.29, 0.717) is 0 Å². The van der Waals surface area contributed by atoms with E-state index < -0.39 is 0 Å². The lowest BCUT2D eigenvalue weighted by molar-refractivity contribution is -0.718. The number of rotatable bonds is 7. The second kappa shape index (κ2) is 29.3. The number of allylic oxidation sites excluding steroid dienone is 2. The Morgan fingerprint density at radius 3 is 1.19 bits per heavy atom. The van der Waals surface area contributed by atoms with Crippen LogP contribution in [0.25, 0.3) is 180 Å². The molecule has 536 valence electrons. The topological polar surface area (TPSA) is 72.0 Å². The minimum atomic E-state index is 1.02. The van der Waals surface area contributed by atoms with Crippen molar-refractivity contribution in [3.8, 4) is 65.9 Å². The van der Waals surface area contributed by atoms with E-state index in [4.69, 9.17) is 20.4 Å². The number of benzene rings is 13. The Labute approximate surface area is 653 Å². The maximum Gasteiger partial charge on any atom is 0.240 e. The minimum Gasteiger partial charge on any atom is -0.351 e. The van der Waals surface area contributed by atoms with Crippen molar-refractivity contribution in [3.05, 3.63) is 330 Å². The lowest BCUT2D eigenvalue weighted by Gasteiger charge is -2.13. The first-order valence-corrected chi connectivity index (χ1v) is 39.8. The van der Waals surface area contributed by atoms with Gasteiger partial charge < -0.3 is 4.57 Å². The van der Waals surface area contributed by atoms with Crippen LogP contribution in [0.15, 0.2) is 302 Å². The molecule has 7 aromatic heterocycles. The quantitative estimate of drug-likeness (QED) is 0.118. The average Bonchev–Trinajstić information content (AvgIpc) is 1.75. The van der Waals surface area contributed by atoms with Crippen LogP contribution in [-0.4, -0.2) is 25.0 Å². The lowest BCUT2D eigenvalue weighted by Crippen LogP contribution is -2.35. The number of aryl methyl sites for hydroxylation is 9. The third kappa shape index (κ3) is 13.5. The van der Waals surface area contributed by atoms with Gasteiger partial charge in [-0.25, -0.2) is 0 Å². The zero-order valence-corrected chi connectivity index (χ0v) is 65.5. The summed E-state index contributed by atoms with van der Waals surface area (Å²) in [5.41, 5.74) is 25.3. The summed E-state index contributed by atoms with van der Waals surface area (Å²) >= 11 is 3.56. The third-order valence-corrected chi connectivity index (χ3v) is 24.1. The van der Waals surface area contributed by atoms with Crippen LogP contribution < -0.4 is 18.7 Å². The van der Waals surface area contributed by atoms with Gasteiger partial charge in [0.25, 0.3) is 0 Å². The first kappa shape index (κ1) is 69.9. The fourth-order valence-corrected chi connectivity index (χ4v) is 17.8. The molecule has 7 heterocycles. The van der Waals surface area contributed by atoms with Crippen molar-refractivity contribution >= 4 is 137 Å². The van der Waals surface area contributed by atoms with Crippen molar-refractivity contribution in [2.24, 2.45) is 35.2 Å². The molecular weight excluding hydrogens is 1390 g/mol. The average molecular weight is 1470 g/mol. The van der Waals surface area contributed by atoms with Crippen molar-refractivity contribution in [1.82, 2.24) is 25.0 Å². The summed E-state index contributed by atoms with van der Waals surface area (Å²) in [6.07, 6.45) is 8.18. The maximum atomic E-state index is 4.93. The molecule has 20 aromatic rings. The normalized spacial score (nSPS) is 12.1. The zero-order valence-electron chi connectivity index (χ0n) is 63.8. The molecule has 0 atom stereocenters. The smallest absolute Gasteiger partial charge is 0.240 e. The van der Waals surface area contributed by atoms with E-state index in [1.165, 1.54) is 177 Å². The van der Waals surface area contributed by atoms with Crippen molar-refractivity contribution in [1.29, 1.82) is 0 Å². The molecule has 0 aliphatic heterocycles. The predicted octanol–water partition coefficient (Wildman–Crippen LogP) is 23.4. The van der Waals surface area contributed by atoms with Crippen molar-refractivity contribution in [3.63, 3.8) is 0 Å². The van der Waals surface area contributed by atoms with Crippen LogP contribution in [-0.2, 0) is 35.2 Å². The first-order chi connectivity index (χ1) is 54.2. The van der Waals surface area contributed by atoms with Gasteiger partial charge in [-0.1, -0.05) is 189 Å². The molecule has 11 heteroatoms. The molecule has 0 saturated heterocycles. The molecule has 111 heavy (non-hydrogen) atoms. The van der Waals surface area contributed by atoms with E-state index in [9.17, 15) is 0 Å². The van der Waals surface area contributed by atoms with Gasteiger partial charge in [0.15, 0.2) is 28.2 Å². The first-order valence-electron chi connectivity index (χ1n) is 38.0. The van der Waals surface area contributed by atoms with Gasteiger partial charge in [-0.2, -0.15) is 0 Å². The second-order valence-corrected chi connectivity index (χ2v) is 31.4. The van der Waals surface area contributed by atoms with E-state index in [-0.39, 0.29) is 0 Å². The Hall–Kier alpha value is -12.8. The molecule has 0 bridgehead atoms. The summed E-state index contributed by atoms with van der Waals surface area (Å²) in [6, 6.07) is 100. The monoisotopic (exact) mass is 1470 g/mol. The molecule has 0 radical (unpaired) electrons. The molecule has 1 aliphatic rings. The molecule has 9 nitrogen and oxygen atoms in total. The van der Waals surface area contributed by atoms with Crippen LogP contribution in [0, 0.1) is 27.7 Å². The van der Waals surface area contributed by atoms with Crippen LogP contribution in [0.5, 0.6) is 0 Å². The highest BCUT2D eigenvalue weighted by atomic mass is 32.1. The molecule has 21 rings (SSSR count). The summed E-state index contributed by atoms with van der Waals surface area (Å²) in [4.78, 5) is 2.58. The molecule has 1 aliphatic carbocycles. The number of fused-ring (bicyclic) bond motifs is 10. The largest absolute Gasteiger partial charge is 0.351 e. The van der Waals surface area contributed by atoms with E-state index in [1.807, 2.05) is 46.9 Å². The van der Waals surface area contributed by atoms with Gasteiger partial charge >= 0.3 is 0 Å². The summed E-state index contributed by atoms with van der Waals surface area (Å²) in [5.74, 6) is 0. The molecule has 0 spiro atoms. The summed E-state index contributed by atoms with van der Waals surface area (Å²) in [5, 5.41) is 42.2. The number of hydrogen-bond acceptors (Lipinski definition) is 6. The van der Waals surface area contributed by atoms with E-state index >= 15 is 0 Å². The van der Waals surface area contributed by atoms with Crippen molar-refractivity contribution in [2.75, 3.05) is 0 Å². The standard InChI is InChI=1S/C28H21N2S.C25H23N2.C24H19N2S.C23H20N3/c1-18-22-10-5-6-11-23(22)25(28-12-7-13-31-28)17-24(18)27-16-21-14-19-8-3-4-9-20(19)15-26(21)29-30(27)2;1-17-11-12-21(18-7-3-4-8-18)14-23(17)25-16-22-13-19-9-5-6-10-20(19)15-24(22)26-27(25)2;1-16-9-10-19(24-8-5-11-27-24)13-21(16)23-15-20-12-17-6-3-4-7-18(17)14-22(20)25-26(23)2;1-15-8-9-21-19(10-11-25(21)2)23(15)22-14-18-12-16-6-4-5-7-17(16)13-20(18)24-26(22)3/h3-17H,1-2H3;5-7,9-16H,3-4,8H2,1-2H3;3-15H,1-2H3;4-14H,1-3H3/q4*+1. The van der Waals surface area contributed by atoms with E-state index in [2.05, 4.69) is 341 Å². The SMILES string of the molecule is Cc1c(-c2cc3cc4ccccc4cc3n[n+]2C)cc(-c2cccs2)c2ccccc12.Cc1ccc(-c2cccs2)cc1-c1cc2cc3ccccc3cc2n[n+]1C.Cc1ccc(C2=CCCC2)cc1-c1cc2cc3ccccc3cc2n[n+]1C.Cc1ccc2c(ccn2C)c1-c1cc2cc3ccccc3cc2n[n+]1C. The fraction of sp³-hybridized carbons (Fsp3) is 0.120. The molecule has 13 aromatic carbocycles. The number of nitrogens with zero attached hydrogens (tertiary/aromatic N) is 9. The number of thiophene rings is 2. The van der Waals surface area contributed by atoms with Gasteiger partial charge in [-0.05, 0) is 242 Å². The fourth-order valence-electron chi connectivity index (χ4n) is 16.4. The highest BCUT2D eigenvalue weighted by Gasteiger charge is 2.25. The van der Waals surface area contributed by atoms with Crippen LogP contribution >= 0.6 is 22.7 Å². The van der Waals surface area contributed by atoms with Gasteiger partial charge in [-0.15, -0.1) is 22.7 Å². The Morgan fingerprint density at radius 2 is 0.730 bits per heavy atom. The van der Waals surface area contributed by atoms with E-state index in [1.54, 1.807) is 22.7 Å². The molecule has 0 fully saturated rings. The van der Waals surface area contributed by atoms with Crippen LogP contribution in [0.4, 0.5) is 0 Å². The molecule has 0 saturated carbocycles. The van der Waals surface area contributed by atoms with E-state index in [0.717, 1.165) is 50.2 Å². The molecule has 0 N–H and O–H groups in total. The number of aromatic nitrogens is 9. The summed E-state index contributed by atoms with van der Waals surface area (Å²) in [6.45, 7) is 8.75. The predicted molar refractivity (Wildman–Crippen MR) is 465 cm³/mol. The molecule has 0 unspecified atom stereocenters. The summed E-state index contributed by atoms with van der Waals surface area (Å²) < 4.78 is 10.2. The van der Waals surface area contributed by atoms with Crippen LogP contribution in [0.3, 0.4) is 0 Å². The minimum absolute atomic E-state index is 1.02. The van der Waals surface area contributed by atoms with Crippen molar-refractivity contribution < 1.29 is 18.7 Å². The van der Waals surface area contributed by atoms with Crippen LogP contribution in [0.2, 0.25) is 0 Å². The van der Waals surface area contributed by atoms with Crippen molar-refractivity contribution in [2.45, 2.75) is 47.0 Å². The maximum absolute atomic E-state index is 4.93. The summed E-state index contributed by atoms with van der Waals surface area (Å²) in [7, 11) is 10.2. The van der Waals surface area contributed by atoms with Gasteiger partial charge in [-0.3, -0.25) is 0 Å². The van der Waals surface area contributed by atoms with Gasteiger partial charge in [0.05, 0.1) is 22.3 Å². The Morgan fingerprint density at radius 1 is 0.324 bits per heavy atom. The lowest BCUT2D eigenvalue weighted by atomic mass is 9.92. The Kier molecular flexibility index (Phi) is 18.5. The van der Waals surface area contributed by atoms with Crippen LogP contribution in [0.1, 0.15) is 47.1 Å². The number of hydrogen-bond donors (Lipinski definition) is 0. The zero-order chi connectivity index (χ0) is 75.5. The highest BCUT2D eigenvalue weighted by molar-refractivity contribution is 7.13. The highest BCUT2D eigenvalue weighted by Crippen LogP contribution is 2.41. The van der Waals surface area contributed by atoms with Gasteiger partial charge in [0.1, 0.15) is 22.1 Å². The van der Waals surface area contributed by atoms with Gasteiger partial charge in [0, 0.05) is 106 Å². The van der Waals surface area contributed by atoms with Gasteiger partial charge in [0.2, 0.25) is 22.8 Å². The third-order valence-electron chi connectivity index (χ3n) is 22.3. The second-order valence-electron chi connectivity index (χ2n) is 29.5. The molecular formula is C100H83N9S2+4. The molecule has 0 amide bonds. The Balaban J connectivity index is 0.000000104.